The molecule has 14 heavy (non-hydrogen) atoms. The van der Waals surface area contributed by atoms with E-state index in [0.29, 0.717) is 6.42 Å². The second-order valence-electron chi connectivity index (χ2n) is 3.16. The van der Waals surface area contributed by atoms with Crippen LogP contribution in [-0.2, 0) is 12.6 Å². The zero-order valence-electron chi connectivity index (χ0n) is 7.86. The van der Waals surface area contributed by atoms with Gasteiger partial charge in [0.15, 0.2) is 0 Å². The van der Waals surface area contributed by atoms with Crippen LogP contribution < -0.4 is 5.73 Å². The number of hydrogen-bond donors (Lipinski definition) is 1. The molecule has 0 atom stereocenters. The maximum absolute atomic E-state index is 12.2. The molecule has 1 nitrogen and oxygen atoms in total. The maximum Gasteiger partial charge on any atom is 0.416 e. The highest BCUT2D eigenvalue weighted by Crippen LogP contribution is 2.31. The summed E-state index contributed by atoms with van der Waals surface area (Å²) >= 11 is 0. The van der Waals surface area contributed by atoms with E-state index >= 15 is 0 Å². The van der Waals surface area contributed by atoms with Gasteiger partial charge in [0, 0.05) is 5.69 Å². The first-order chi connectivity index (χ1) is 6.45. The summed E-state index contributed by atoms with van der Waals surface area (Å²) in [6.07, 6.45) is -2.72. The van der Waals surface area contributed by atoms with Crippen LogP contribution in [0.3, 0.4) is 0 Å². The molecular weight excluding hydrogens is 191 g/mol. The third kappa shape index (κ3) is 2.40. The molecule has 0 aromatic heterocycles. The van der Waals surface area contributed by atoms with Crippen molar-refractivity contribution in [3.63, 3.8) is 0 Å². The monoisotopic (exact) mass is 203 g/mol. The molecule has 0 bridgehead atoms. The van der Waals surface area contributed by atoms with Crippen molar-refractivity contribution in [2.45, 2.75) is 25.9 Å². The van der Waals surface area contributed by atoms with Crippen molar-refractivity contribution < 1.29 is 13.2 Å². The first-order valence-corrected chi connectivity index (χ1v) is 4.40. The van der Waals surface area contributed by atoms with E-state index in [2.05, 4.69) is 0 Å². The first kappa shape index (κ1) is 10.9. The zero-order chi connectivity index (χ0) is 10.8. The van der Waals surface area contributed by atoms with Crippen molar-refractivity contribution in [3.05, 3.63) is 29.3 Å². The van der Waals surface area contributed by atoms with Crippen LogP contribution in [0.5, 0.6) is 0 Å². The number of rotatable bonds is 2. The first-order valence-electron chi connectivity index (χ1n) is 4.40. The van der Waals surface area contributed by atoms with Gasteiger partial charge in [-0.3, -0.25) is 0 Å². The third-order valence-corrected chi connectivity index (χ3v) is 1.99. The fraction of sp³-hybridized carbons (Fsp3) is 0.400. The number of anilines is 1. The van der Waals surface area contributed by atoms with Crippen molar-refractivity contribution in [3.8, 4) is 0 Å². The lowest BCUT2D eigenvalue weighted by Crippen LogP contribution is -2.06. The zero-order valence-corrected chi connectivity index (χ0v) is 7.86. The topological polar surface area (TPSA) is 26.0 Å². The second-order valence-corrected chi connectivity index (χ2v) is 3.16. The highest BCUT2D eigenvalue weighted by Gasteiger charge is 2.30. The molecule has 0 aliphatic rings. The smallest absolute Gasteiger partial charge is 0.398 e. The van der Waals surface area contributed by atoms with Crippen molar-refractivity contribution in [1.29, 1.82) is 0 Å². The SMILES string of the molecule is CCCc1ccc(C(F)(F)F)cc1N. The van der Waals surface area contributed by atoms with Crippen molar-refractivity contribution in [2.24, 2.45) is 0 Å². The Hall–Kier alpha value is -1.19. The standard InChI is InChI=1S/C10H12F3N/c1-2-3-7-4-5-8(6-9(7)14)10(11,12)13/h4-6H,2-3,14H2,1H3. The van der Waals surface area contributed by atoms with Crippen molar-refractivity contribution in [2.75, 3.05) is 5.73 Å². The van der Waals surface area contributed by atoms with E-state index in [0.717, 1.165) is 24.1 Å². The molecular formula is C10H12F3N. The van der Waals surface area contributed by atoms with E-state index in [1.54, 1.807) is 0 Å². The van der Waals surface area contributed by atoms with Gasteiger partial charge in [-0.15, -0.1) is 0 Å². The van der Waals surface area contributed by atoms with Crippen LogP contribution >= 0.6 is 0 Å². The molecule has 1 rings (SSSR count). The van der Waals surface area contributed by atoms with E-state index < -0.39 is 11.7 Å². The van der Waals surface area contributed by atoms with Gasteiger partial charge in [-0.2, -0.15) is 13.2 Å². The Morgan fingerprint density at radius 1 is 1.29 bits per heavy atom. The van der Waals surface area contributed by atoms with Gasteiger partial charge in [0.25, 0.3) is 0 Å². The van der Waals surface area contributed by atoms with Gasteiger partial charge in [-0.25, -0.2) is 0 Å². The number of alkyl halides is 3. The minimum atomic E-state index is -4.31. The second kappa shape index (κ2) is 3.90. The van der Waals surface area contributed by atoms with Crippen molar-refractivity contribution in [1.82, 2.24) is 0 Å². The lowest BCUT2D eigenvalue weighted by atomic mass is 10.1. The minimum absolute atomic E-state index is 0.224. The highest BCUT2D eigenvalue weighted by molar-refractivity contribution is 5.49. The Kier molecular flexibility index (Phi) is 3.03. The minimum Gasteiger partial charge on any atom is -0.398 e. The van der Waals surface area contributed by atoms with Crippen LogP contribution in [0.25, 0.3) is 0 Å². The van der Waals surface area contributed by atoms with Crippen molar-refractivity contribution >= 4 is 5.69 Å². The van der Waals surface area contributed by atoms with Crippen LogP contribution in [0.2, 0.25) is 0 Å². The molecule has 0 saturated carbocycles. The average molecular weight is 203 g/mol. The van der Waals surface area contributed by atoms with Crippen LogP contribution in [-0.4, -0.2) is 0 Å². The van der Waals surface area contributed by atoms with E-state index in [1.807, 2.05) is 6.92 Å². The third-order valence-electron chi connectivity index (χ3n) is 1.99. The van der Waals surface area contributed by atoms with Gasteiger partial charge in [0.05, 0.1) is 5.56 Å². The average Bonchev–Trinajstić information content (AvgIpc) is 2.07. The Morgan fingerprint density at radius 3 is 2.36 bits per heavy atom. The molecule has 1 aromatic carbocycles. The van der Waals surface area contributed by atoms with Crippen LogP contribution in [0, 0.1) is 0 Å². The molecule has 0 aliphatic carbocycles. The molecule has 2 N–H and O–H groups in total. The van der Waals surface area contributed by atoms with E-state index in [1.165, 1.54) is 6.07 Å². The summed E-state index contributed by atoms with van der Waals surface area (Å²) in [6.45, 7) is 1.96. The summed E-state index contributed by atoms with van der Waals surface area (Å²) < 4.78 is 36.7. The highest BCUT2D eigenvalue weighted by atomic mass is 19.4. The number of hydrogen-bond acceptors (Lipinski definition) is 1. The predicted octanol–water partition coefficient (Wildman–Crippen LogP) is 3.24. The molecule has 0 radical (unpaired) electrons. The van der Waals surface area contributed by atoms with E-state index in [4.69, 9.17) is 5.73 Å². The fourth-order valence-electron chi connectivity index (χ4n) is 1.27. The predicted molar refractivity (Wildman–Crippen MR) is 49.9 cm³/mol. The van der Waals surface area contributed by atoms with Crippen LogP contribution in [0.15, 0.2) is 18.2 Å². The summed E-state index contributed by atoms with van der Waals surface area (Å²) in [4.78, 5) is 0. The van der Waals surface area contributed by atoms with Gasteiger partial charge in [0.2, 0.25) is 0 Å². The molecule has 0 heterocycles. The molecule has 0 spiro atoms. The Balaban J connectivity index is 3.01. The molecule has 78 valence electrons. The number of halogens is 3. The Labute approximate surface area is 80.7 Å². The lowest BCUT2D eigenvalue weighted by molar-refractivity contribution is -0.137. The van der Waals surface area contributed by atoms with Gasteiger partial charge < -0.3 is 5.73 Å². The number of nitrogen functional groups attached to an aromatic ring is 1. The largest absolute Gasteiger partial charge is 0.416 e. The number of benzene rings is 1. The Morgan fingerprint density at radius 2 is 1.93 bits per heavy atom. The molecule has 0 unspecified atom stereocenters. The fourth-order valence-corrected chi connectivity index (χ4v) is 1.27. The molecule has 1 aromatic rings. The van der Waals surface area contributed by atoms with Crippen LogP contribution in [0.4, 0.5) is 18.9 Å². The molecule has 0 amide bonds. The summed E-state index contributed by atoms with van der Waals surface area (Å²) in [5, 5.41) is 0. The number of aryl methyl sites for hydroxylation is 1. The van der Waals surface area contributed by atoms with E-state index in [9.17, 15) is 13.2 Å². The van der Waals surface area contributed by atoms with Gasteiger partial charge in [-0.1, -0.05) is 19.4 Å². The quantitative estimate of drug-likeness (QED) is 0.733. The van der Waals surface area contributed by atoms with E-state index in [-0.39, 0.29) is 5.69 Å². The molecule has 0 saturated heterocycles. The summed E-state index contributed by atoms with van der Waals surface area (Å²) in [6, 6.07) is 3.51. The molecule has 0 aliphatic heterocycles. The Bertz CT molecular complexity index is 318. The lowest BCUT2D eigenvalue weighted by Gasteiger charge is -2.10. The van der Waals surface area contributed by atoms with Crippen LogP contribution in [0.1, 0.15) is 24.5 Å². The van der Waals surface area contributed by atoms with Gasteiger partial charge in [0.1, 0.15) is 0 Å². The molecule has 0 fully saturated rings. The maximum atomic E-state index is 12.2. The summed E-state index contributed by atoms with van der Waals surface area (Å²) in [7, 11) is 0. The molecule has 4 heteroatoms. The summed E-state index contributed by atoms with van der Waals surface area (Å²) in [5.41, 5.74) is 5.82. The van der Waals surface area contributed by atoms with Gasteiger partial charge >= 0.3 is 6.18 Å². The normalized spacial score (nSPS) is 11.7. The summed E-state index contributed by atoms with van der Waals surface area (Å²) in [5.74, 6) is 0. The van der Waals surface area contributed by atoms with Gasteiger partial charge in [-0.05, 0) is 24.1 Å². The number of nitrogens with two attached hydrogens (primary N) is 1.